The van der Waals surface area contributed by atoms with Crippen molar-refractivity contribution in [3.8, 4) is 0 Å². The molecular weight excluding hydrogens is 290 g/mol. The summed E-state index contributed by atoms with van der Waals surface area (Å²) in [6.45, 7) is 3.77. The van der Waals surface area contributed by atoms with Gasteiger partial charge in [-0.05, 0) is 24.6 Å². The zero-order valence-electron chi connectivity index (χ0n) is 13.6. The Morgan fingerprint density at radius 1 is 1.04 bits per heavy atom. The predicted octanol–water partition coefficient (Wildman–Crippen LogP) is 2.37. The molecule has 0 aliphatic carbocycles. The van der Waals surface area contributed by atoms with Crippen molar-refractivity contribution in [3.05, 3.63) is 65.7 Å². The third-order valence-corrected chi connectivity index (χ3v) is 3.62. The minimum Gasteiger partial charge on any atom is -0.395 e. The van der Waals surface area contributed by atoms with Gasteiger partial charge >= 0.3 is 0 Å². The van der Waals surface area contributed by atoms with Crippen LogP contribution in [0.4, 0.5) is 5.69 Å². The van der Waals surface area contributed by atoms with Gasteiger partial charge in [0.25, 0.3) is 0 Å². The van der Waals surface area contributed by atoms with Crippen molar-refractivity contribution >= 4 is 5.69 Å². The van der Waals surface area contributed by atoms with Crippen LogP contribution >= 0.6 is 0 Å². The lowest BCUT2D eigenvalue weighted by atomic mass is 10.2. The smallest absolute Gasteiger partial charge is 0.0948 e. The molecule has 1 unspecified atom stereocenters. The fraction of sp³-hybridized carbons (Fsp3) is 0.368. The van der Waals surface area contributed by atoms with Crippen LogP contribution in [0.1, 0.15) is 11.1 Å². The minimum atomic E-state index is -0.604. The summed E-state index contributed by atoms with van der Waals surface area (Å²) in [7, 11) is 0. The lowest BCUT2D eigenvalue weighted by molar-refractivity contribution is 0.0317. The third-order valence-electron chi connectivity index (χ3n) is 3.62. The topological polar surface area (TPSA) is 52.9 Å². The summed E-state index contributed by atoms with van der Waals surface area (Å²) in [5.74, 6) is 0. The van der Waals surface area contributed by atoms with Gasteiger partial charge in [-0.15, -0.1) is 0 Å². The molecule has 2 aromatic rings. The van der Waals surface area contributed by atoms with Gasteiger partial charge in [0.1, 0.15) is 0 Å². The molecule has 0 fully saturated rings. The first kappa shape index (κ1) is 17.5. The quantitative estimate of drug-likeness (QED) is 0.746. The number of ether oxygens (including phenoxy) is 1. The number of hydrogen-bond donors (Lipinski definition) is 2. The van der Waals surface area contributed by atoms with Crippen LogP contribution in [0.25, 0.3) is 0 Å². The van der Waals surface area contributed by atoms with E-state index in [1.165, 1.54) is 5.56 Å². The maximum absolute atomic E-state index is 10.2. The van der Waals surface area contributed by atoms with E-state index >= 15 is 0 Å². The standard InChI is InChI=1S/C19H25NO3/c1-16-7-9-17(10-8-16)14-23-15-19(22)13-20(11-12-21)18-5-3-2-4-6-18/h2-10,19,21-22H,11-15H2,1H3. The molecule has 124 valence electrons. The Morgan fingerprint density at radius 3 is 2.39 bits per heavy atom. The van der Waals surface area contributed by atoms with Crippen molar-refractivity contribution in [1.29, 1.82) is 0 Å². The Balaban J connectivity index is 1.80. The molecule has 2 aromatic carbocycles. The van der Waals surface area contributed by atoms with Gasteiger partial charge in [-0.3, -0.25) is 0 Å². The fourth-order valence-electron chi connectivity index (χ4n) is 2.39. The van der Waals surface area contributed by atoms with Crippen LogP contribution in [0.5, 0.6) is 0 Å². The molecule has 1 atom stereocenters. The van der Waals surface area contributed by atoms with E-state index in [2.05, 4.69) is 0 Å². The molecule has 23 heavy (non-hydrogen) atoms. The highest BCUT2D eigenvalue weighted by Gasteiger charge is 2.12. The number of rotatable bonds is 9. The molecule has 2 N–H and O–H groups in total. The predicted molar refractivity (Wildman–Crippen MR) is 92.6 cm³/mol. The summed E-state index contributed by atoms with van der Waals surface area (Å²) < 4.78 is 5.60. The maximum atomic E-state index is 10.2. The van der Waals surface area contributed by atoms with E-state index in [4.69, 9.17) is 4.74 Å². The van der Waals surface area contributed by atoms with E-state index in [-0.39, 0.29) is 13.2 Å². The van der Waals surface area contributed by atoms with Crippen LogP contribution in [0.2, 0.25) is 0 Å². The van der Waals surface area contributed by atoms with Crippen molar-refractivity contribution in [2.24, 2.45) is 0 Å². The van der Waals surface area contributed by atoms with Crippen molar-refractivity contribution in [3.63, 3.8) is 0 Å². The van der Waals surface area contributed by atoms with Crippen molar-refractivity contribution in [1.82, 2.24) is 0 Å². The first-order valence-electron chi connectivity index (χ1n) is 7.91. The molecule has 4 nitrogen and oxygen atoms in total. The van der Waals surface area contributed by atoms with Gasteiger partial charge < -0.3 is 19.8 Å². The average molecular weight is 315 g/mol. The highest BCUT2D eigenvalue weighted by Crippen LogP contribution is 2.13. The van der Waals surface area contributed by atoms with E-state index in [1.807, 2.05) is 66.4 Å². The van der Waals surface area contributed by atoms with Crippen molar-refractivity contribution in [2.75, 3.05) is 31.2 Å². The largest absolute Gasteiger partial charge is 0.395 e. The molecule has 0 amide bonds. The first-order valence-corrected chi connectivity index (χ1v) is 7.91. The Kier molecular flexibility index (Phi) is 7.07. The highest BCUT2D eigenvalue weighted by molar-refractivity contribution is 5.46. The molecule has 0 bridgehead atoms. The Hall–Kier alpha value is -1.88. The number of para-hydroxylation sites is 1. The summed E-state index contributed by atoms with van der Waals surface area (Å²) >= 11 is 0. The van der Waals surface area contributed by atoms with Gasteiger partial charge in [-0.25, -0.2) is 0 Å². The number of hydrogen-bond acceptors (Lipinski definition) is 4. The van der Waals surface area contributed by atoms with Gasteiger partial charge in [0.2, 0.25) is 0 Å². The van der Waals surface area contributed by atoms with Crippen LogP contribution in [0.3, 0.4) is 0 Å². The zero-order valence-corrected chi connectivity index (χ0v) is 13.6. The Labute approximate surface area is 138 Å². The number of anilines is 1. The number of benzene rings is 2. The molecule has 0 aliphatic rings. The van der Waals surface area contributed by atoms with E-state index in [0.717, 1.165) is 11.3 Å². The average Bonchev–Trinajstić information content (AvgIpc) is 2.57. The summed E-state index contributed by atoms with van der Waals surface area (Å²) in [6.07, 6.45) is -0.604. The summed E-state index contributed by atoms with van der Waals surface area (Å²) in [6, 6.07) is 17.9. The van der Waals surface area contributed by atoms with Gasteiger partial charge in [0.05, 0.1) is 25.9 Å². The summed E-state index contributed by atoms with van der Waals surface area (Å²) in [4.78, 5) is 1.96. The fourth-order valence-corrected chi connectivity index (χ4v) is 2.39. The SMILES string of the molecule is Cc1ccc(COCC(O)CN(CCO)c2ccccc2)cc1. The Morgan fingerprint density at radius 2 is 1.74 bits per heavy atom. The van der Waals surface area contributed by atoms with E-state index in [9.17, 15) is 10.2 Å². The molecule has 0 radical (unpaired) electrons. The van der Waals surface area contributed by atoms with Crippen LogP contribution < -0.4 is 4.90 Å². The molecule has 0 heterocycles. The molecule has 0 saturated heterocycles. The number of aliphatic hydroxyl groups is 2. The van der Waals surface area contributed by atoms with Crippen LogP contribution in [-0.4, -0.2) is 42.6 Å². The monoisotopic (exact) mass is 315 g/mol. The van der Waals surface area contributed by atoms with E-state index in [1.54, 1.807) is 0 Å². The normalized spacial score (nSPS) is 12.1. The second-order valence-electron chi connectivity index (χ2n) is 5.66. The number of aliphatic hydroxyl groups excluding tert-OH is 2. The van der Waals surface area contributed by atoms with E-state index < -0.39 is 6.10 Å². The Bertz CT molecular complexity index is 557. The van der Waals surface area contributed by atoms with Crippen LogP contribution in [0.15, 0.2) is 54.6 Å². The summed E-state index contributed by atoms with van der Waals surface area (Å²) in [5.41, 5.74) is 3.30. The van der Waals surface area contributed by atoms with Gasteiger partial charge in [0.15, 0.2) is 0 Å². The van der Waals surface area contributed by atoms with Gasteiger partial charge in [-0.2, -0.15) is 0 Å². The van der Waals surface area contributed by atoms with Crippen molar-refractivity contribution in [2.45, 2.75) is 19.6 Å². The molecule has 0 spiro atoms. The molecule has 0 aromatic heterocycles. The second kappa shape index (κ2) is 9.30. The summed E-state index contributed by atoms with van der Waals surface area (Å²) in [5, 5.41) is 19.4. The van der Waals surface area contributed by atoms with Crippen molar-refractivity contribution < 1.29 is 14.9 Å². The molecule has 0 saturated carbocycles. The van der Waals surface area contributed by atoms with E-state index in [0.29, 0.717) is 19.7 Å². The highest BCUT2D eigenvalue weighted by atomic mass is 16.5. The van der Waals surface area contributed by atoms with Gasteiger partial charge in [0, 0.05) is 18.8 Å². The second-order valence-corrected chi connectivity index (χ2v) is 5.66. The lowest BCUT2D eigenvalue weighted by Gasteiger charge is -2.26. The molecular formula is C19H25NO3. The van der Waals surface area contributed by atoms with Gasteiger partial charge in [-0.1, -0.05) is 48.0 Å². The van der Waals surface area contributed by atoms with Crippen LogP contribution in [-0.2, 0) is 11.3 Å². The number of aryl methyl sites for hydroxylation is 1. The lowest BCUT2D eigenvalue weighted by Crippen LogP contribution is -2.36. The first-order chi connectivity index (χ1) is 11.2. The maximum Gasteiger partial charge on any atom is 0.0948 e. The molecule has 4 heteroatoms. The zero-order chi connectivity index (χ0) is 16.5. The minimum absolute atomic E-state index is 0.0475. The van der Waals surface area contributed by atoms with Crippen LogP contribution in [0, 0.1) is 6.92 Å². The molecule has 2 rings (SSSR count). The number of nitrogens with zero attached hydrogens (tertiary/aromatic N) is 1. The third kappa shape index (κ3) is 6.02. The molecule has 0 aliphatic heterocycles.